The van der Waals surface area contributed by atoms with E-state index in [1.165, 1.54) is 30.3 Å². The lowest BCUT2D eigenvalue weighted by molar-refractivity contribution is -0.385. The number of hydrogen-bond donors (Lipinski definition) is 1. The van der Waals surface area contributed by atoms with Gasteiger partial charge < -0.3 is 4.74 Å². The summed E-state index contributed by atoms with van der Waals surface area (Å²) in [5.41, 5.74) is 2.55. The third-order valence-corrected chi connectivity index (χ3v) is 5.07. The van der Waals surface area contributed by atoms with Crippen LogP contribution < -0.4 is 15.2 Å². The van der Waals surface area contributed by atoms with Crippen molar-refractivity contribution in [3.8, 4) is 5.75 Å². The number of benzene rings is 3. The molecule has 0 spiro atoms. The number of anilines is 1. The fraction of sp³-hybridized carbons (Fsp3) is 0.0435. The fourth-order valence-electron chi connectivity index (χ4n) is 3.21. The quantitative estimate of drug-likeness (QED) is 0.250. The molecule has 2 amide bonds. The number of para-hydroxylation sites is 1. The fourth-order valence-corrected chi connectivity index (χ4v) is 3.49. The number of nitrogens with one attached hydrogen (secondary N) is 1. The number of amides is 2. The Hall–Kier alpha value is -4.24. The Kier molecular flexibility index (Phi) is 6.05. The molecule has 1 heterocycles. The van der Waals surface area contributed by atoms with Crippen LogP contribution in [0.4, 0.5) is 15.8 Å². The van der Waals surface area contributed by atoms with E-state index in [2.05, 4.69) is 5.43 Å². The van der Waals surface area contributed by atoms with Gasteiger partial charge in [-0.05, 0) is 35.9 Å². The van der Waals surface area contributed by atoms with Crippen LogP contribution in [0.2, 0.25) is 5.02 Å². The van der Waals surface area contributed by atoms with Crippen molar-refractivity contribution >= 4 is 40.9 Å². The van der Waals surface area contributed by atoms with E-state index in [0.717, 1.165) is 11.1 Å². The topological polar surface area (TPSA) is 102 Å². The molecule has 1 aliphatic heterocycles. The van der Waals surface area contributed by atoms with Crippen molar-refractivity contribution in [1.29, 1.82) is 0 Å². The van der Waals surface area contributed by atoms with Crippen molar-refractivity contribution in [2.45, 2.75) is 6.61 Å². The Bertz CT molecular complexity index is 1300. The predicted octanol–water partition coefficient (Wildman–Crippen LogP) is 4.43. The molecule has 33 heavy (non-hydrogen) atoms. The molecule has 1 fully saturated rings. The first kappa shape index (κ1) is 22.0. The molecule has 166 valence electrons. The van der Waals surface area contributed by atoms with Gasteiger partial charge >= 0.3 is 5.69 Å². The van der Waals surface area contributed by atoms with Gasteiger partial charge in [0.1, 0.15) is 18.0 Å². The van der Waals surface area contributed by atoms with Crippen LogP contribution in [0, 0.1) is 15.9 Å². The molecule has 1 saturated heterocycles. The maximum absolute atomic E-state index is 13.8. The summed E-state index contributed by atoms with van der Waals surface area (Å²) in [6.45, 7) is -0.277. The van der Waals surface area contributed by atoms with Gasteiger partial charge in [-0.3, -0.25) is 25.1 Å². The molecule has 0 aromatic heterocycles. The first-order chi connectivity index (χ1) is 15.8. The van der Waals surface area contributed by atoms with Gasteiger partial charge in [-0.15, -0.1) is 0 Å². The van der Waals surface area contributed by atoms with Gasteiger partial charge in [-0.25, -0.2) is 9.40 Å². The number of hydrogen-bond acceptors (Lipinski definition) is 5. The lowest BCUT2D eigenvalue weighted by Gasteiger charge is -2.13. The molecule has 0 aliphatic carbocycles. The number of carbonyl (C=O) groups is 2. The van der Waals surface area contributed by atoms with Crippen LogP contribution in [0.5, 0.6) is 5.75 Å². The third-order valence-electron chi connectivity index (χ3n) is 4.79. The van der Waals surface area contributed by atoms with Crippen LogP contribution in [-0.2, 0) is 16.2 Å². The van der Waals surface area contributed by atoms with Crippen LogP contribution in [0.15, 0.2) is 72.3 Å². The average molecular weight is 468 g/mol. The lowest BCUT2D eigenvalue weighted by atomic mass is 10.1. The number of nitro groups is 1. The zero-order valence-corrected chi connectivity index (χ0v) is 17.6. The van der Waals surface area contributed by atoms with E-state index >= 15 is 0 Å². The number of hydrazine groups is 1. The summed E-state index contributed by atoms with van der Waals surface area (Å²) < 4.78 is 19.3. The highest BCUT2D eigenvalue weighted by Crippen LogP contribution is 2.37. The summed E-state index contributed by atoms with van der Waals surface area (Å²) in [6.07, 6.45) is 1.21. The van der Waals surface area contributed by atoms with Crippen LogP contribution in [0.3, 0.4) is 0 Å². The van der Waals surface area contributed by atoms with Crippen LogP contribution >= 0.6 is 11.6 Å². The molecule has 8 nitrogen and oxygen atoms in total. The van der Waals surface area contributed by atoms with Crippen molar-refractivity contribution < 1.29 is 23.6 Å². The molecular formula is C23H15ClFN3O5. The van der Waals surface area contributed by atoms with E-state index in [-0.39, 0.29) is 34.1 Å². The van der Waals surface area contributed by atoms with E-state index < -0.39 is 28.2 Å². The summed E-state index contributed by atoms with van der Waals surface area (Å²) in [6, 6.07) is 16.8. The van der Waals surface area contributed by atoms with Gasteiger partial charge in [0.25, 0.3) is 11.8 Å². The lowest BCUT2D eigenvalue weighted by Crippen LogP contribution is -2.35. The summed E-state index contributed by atoms with van der Waals surface area (Å²) in [5, 5.41) is 12.6. The Morgan fingerprint density at radius 1 is 1.09 bits per heavy atom. The molecule has 4 rings (SSSR count). The second-order valence-electron chi connectivity index (χ2n) is 6.96. The standard InChI is InChI=1S/C23H15ClFN3O5/c24-18-11-14(10-17-22(29)26-27(23(17)30)16-7-2-1-3-8-16)12-20(28(31)32)21(18)33-13-15-6-4-5-9-19(15)25/h1-12H,13H2,(H,26,29). The molecule has 1 N–H and O–H groups in total. The highest BCUT2D eigenvalue weighted by molar-refractivity contribution is 6.33. The number of nitrogens with zero attached hydrogens (tertiary/aromatic N) is 2. The largest absolute Gasteiger partial charge is 0.481 e. The molecule has 0 radical (unpaired) electrons. The molecular weight excluding hydrogens is 453 g/mol. The summed E-state index contributed by atoms with van der Waals surface area (Å²) in [7, 11) is 0. The molecule has 0 unspecified atom stereocenters. The molecule has 1 aliphatic rings. The Morgan fingerprint density at radius 3 is 2.48 bits per heavy atom. The number of halogens is 2. The zero-order valence-electron chi connectivity index (χ0n) is 16.8. The minimum absolute atomic E-state index is 0.127. The van der Waals surface area contributed by atoms with E-state index in [9.17, 15) is 24.1 Å². The van der Waals surface area contributed by atoms with Gasteiger partial charge in [-0.2, -0.15) is 0 Å². The van der Waals surface area contributed by atoms with Gasteiger partial charge in [0, 0.05) is 11.6 Å². The second kappa shape index (κ2) is 9.09. The van der Waals surface area contributed by atoms with Gasteiger partial charge in [-0.1, -0.05) is 48.0 Å². The van der Waals surface area contributed by atoms with E-state index in [4.69, 9.17) is 16.3 Å². The van der Waals surface area contributed by atoms with Crippen LogP contribution in [0.1, 0.15) is 11.1 Å². The summed E-state index contributed by atoms with van der Waals surface area (Å²) >= 11 is 6.22. The number of ether oxygens (including phenoxy) is 1. The highest BCUT2D eigenvalue weighted by Gasteiger charge is 2.34. The monoisotopic (exact) mass is 467 g/mol. The molecule has 3 aromatic rings. The first-order valence-corrected chi connectivity index (χ1v) is 9.99. The van der Waals surface area contributed by atoms with Gasteiger partial charge in [0.15, 0.2) is 0 Å². The minimum Gasteiger partial charge on any atom is -0.481 e. The zero-order chi connectivity index (χ0) is 23.5. The normalized spacial score (nSPS) is 14.5. The van der Waals surface area contributed by atoms with Gasteiger partial charge in [0.2, 0.25) is 5.75 Å². The third kappa shape index (κ3) is 4.53. The van der Waals surface area contributed by atoms with E-state index in [0.29, 0.717) is 5.69 Å². The maximum Gasteiger partial charge on any atom is 0.313 e. The molecule has 3 aromatic carbocycles. The molecule has 0 bridgehead atoms. The van der Waals surface area contributed by atoms with Gasteiger partial charge in [0.05, 0.1) is 15.6 Å². The maximum atomic E-state index is 13.8. The highest BCUT2D eigenvalue weighted by atomic mass is 35.5. The van der Waals surface area contributed by atoms with Crippen molar-refractivity contribution in [1.82, 2.24) is 5.43 Å². The minimum atomic E-state index is -0.711. The predicted molar refractivity (Wildman–Crippen MR) is 119 cm³/mol. The van der Waals surface area contributed by atoms with Crippen molar-refractivity contribution in [3.63, 3.8) is 0 Å². The Balaban J connectivity index is 1.64. The number of rotatable bonds is 6. The Morgan fingerprint density at radius 2 is 1.79 bits per heavy atom. The smallest absolute Gasteiger partial charge is 0.313 e. The summed E-state index contributed by atoms with van der Waals surface area (Å²) in [4.78, 5) is 36.0. The van der Waals surface area contributed by atoms with Crippen LogP contribution in [-0.4, -0.2) is 16.7 Å². The summed E-state index contributed by atoms with van der Waals surface area (Å²) in [5.74, 6) is -2.06. The molecule has 0 atom stereocenters. The SMILES string of the molecule is O=C1NN(c2ccccc2)C(=O)C1=Cc1cc(Cl)c(OCc2ccccc2F)c([N+](=O)[O-])c1. The molecule has 0 saturated carbocycles. The first-order valence-electron chi connectivity index (χ1n) is 9.61. The molecule has 10 heteroatoms. The Labute approximate surface area is 192 Å². The van der Waals surface area contributed by atoms with E-state index in [1.807, 2.05) is 0 Å². The van der Waals surface area contributed by atoms with Crippen molar-refractivity contribution in [3.05, 3.63) is 104 Å². The van der Waals surface area contributed by atoms with Crippen molar-refractivity contribution in [2.75, 3.05) is 5.01 Å². The van der Waals surface area contributed by atoms with Crippen molar-refractivity contribution in [2.24, 2.45) is 0 Å². The second-order valence-corrected chi connectivity index (χ2v) is 7.37. The number of nitro benzene ring substituents is 1. The number of carbonyl (C=O) groups excluding carboxylic acids is 2. The average Bonchev–Trinajstić information content (AvgIpc) is 3.08. The van der Waals surface area contributed by atoms with Crippen LogP contribution in [0.25, 0.3) is 6.08 Å². The van der Waals surface area contributed by atoms with E-state index in [1.54, 1.807) is 36.4 Å².